The van der Waals surface area contributed by atoms with Crippen LogP contribution in [0.4, 0.5) is 0 Å². The van der Waals surface area contributed by atoms with Crippen molar-refractivity contribution in [3.63, 3.8) is 0 Å². The van der Waals surface area contributed by atoms with E-state index in [1.807, 2.05) is 69.3 Å². The van der Waals surface area contributed by atoms with Crippen LogP contribution in [0.5, 0.6) is 17.2 Å². The number of likely N-dealkylation sites (N-methyl/N-ethyl adjacent to an activating group) is 2. The molecule has 4 heterocycles. The van der Waals surface area contributed by atoms with Gasteiger partial charge in [0, 0.05) is 101 Å². The largest absolute Gasteiger partial charge is 0.663 e. The van der Waals surface area contributed by atoms with E-state index >= 15 is 0 Å². The Morgan fingerprint density at radius 3 is 1.70 bits per heavy atom. The molecule has 3 aromatic carbocycles. The van der Waals surface area contributed by atoms with E-state index in [0.717, 1.165) is 51.7 Å². The van der Waals surface area contributed by atoms with Crippen LogP contribution in [0, 0.1) is 0 Å². The van der Waals surface area contributed by atoms with E-state index < -0.39 is 14.2 Å². The van der Waals surface area contributed by atoms with E-state index in [4.69, 9.17) is 38.6 Å². The fourth-order valence-corrected chi connectivity index (χ4v) is 6.49. The van der Waals surface area contributed by atoms with E-state index in [0.29, 0.717) is 37.7 Å². The van der Waals surface area contributed by atoms with Gasteiger partial charge in [0.15, 0.2) is 0 Å². The number of rotatable bonds is 11. The van der Waals surface area contributed by atoms with Gasteiger partial charge in [0.25, 0.3) is 0 Å². The van der Waals surface area contributed by atoms with E-state index in [9.17, 15) is 10.0 Å². The monoisotopic (exact) mass is 893 g/mol. The third-order valence-corrected chi connectivity index (χ3v) is 9.47. The molecular weight excluding hydrogens is 841 g/mol. The SMILES string of the molecule is CCC(C)Oc1cccc2c1B(O)OC2CN.CCC(C)Oc1cccc2c1B(O)OC2C[N-]C.C[N-]CC1OB2OCC(C)Oc3cccc1c32.[Y].[Y]. The minimum absolute atomic E-state index is 0. The number of ether oxygens (including phenoxy) is 3. The summed E-state index contributed by atoms with van der Waals surface area (Å²) in [6.45, 7) is 12.3. The summed E-state index contributed by atoms with van der Waals surface area (Å²) in [5, 5.41) is 28.1. The maximum absolute atomic E-state index is 10.0. The van der Waals surface area contributed by atoms with Crippen LogP contribution in [0.25, 0.3) is 10.6 Å². The summed E-state index contributed by atoms with van der Waals surface area (Å²) in [5.41, 5.74) is 11.2. The predicted octanol–water partition coefficient (Wildman–Crippen LogP) is 3.46. The molecule has 54 heavy (non-hydrogen) atoms. The first-order valence-corrected chi connectivity index (χ1v) is 18.3. The molecule has 0 saturated heterocycles. The summed E-state index contributed by atoms with van der Waals surface area (Å²) in [5.74, 6) is 2.30. The molecule has 0 saturated carbocycles. The Morgan fingerprint density at radius 2 is 1.20 bits per heavy atom. The predicted molar refractivity (Wildman–Crippen MR) is 206 cm³/mol. The summed E-state index contributed by atoms with van der Waals surface area (Å²) >= 11 is 0. The number of hydrogen-bond acceptors (Lipinski definition) is 10. The number of nitrogens with two attached hydrogens (primary N) is 1. The Labute approximate surface area is 372 Å². The molecule has 4 aliphatic rings. The standard InChI is InChI=1S/C13H19BNO3.C12H15BNO3.C12H18BNO3.2Y/c1-4-9(2)17-11-7-5-6-10-12(8-15-3)18-14(16)13(10)11;1-8-7-15-13-12-9(11(17-13)6-14-2)4-3-5-10(12)16-8;1-3-8(2)16-10-6-4-5-9-11(7-14)17-13(15)12(9)10;;/h5-7,9,12,16H,4,8H2,1-3H3;3-5,8,11H,6-7H2,1-2H3;4-6,8,11,15H,3,7,14H2,1-2H3;;/q2*-1;;;. The van der Waals surface area contributed by atoms with E-state index in [1.165, 1.54) is 0 Å². The Balaban J connectivity index is 0.000000214. The minimum Gasteiger partial charge on any atom is -0.663 e. The van der Waals surface area contributed by atoms with Crippen LogP contribution in [0.2, 0.25) is 0 Å². The second-order valence-electron chi connectivity index (χ2n) is 13.4. The van der Waals surface area contributed by atoms with E-state index in [-0.39, 0.29) is 109 Å². The molecule has 4 N–H and O–H groups in total. The molecule has 6 unspecified atom stereocenters. The molecule has 0 spiro atoms. The molecule has 286 valence electrons. The number of benzene rings is 3. The first kappa shape index (κ1) is 47.5. The van der Waals surface area contributed by atoms with Gasteiger partial charge in [-0.15, -0.1) is 13.1 Å². The zero-order chi connectivity index (χ0) is 37.4. The zero-order valence-corrected chi connectivity index (χ0v) is 38.2. The smallest absolute Gasteiger partial charge is 0.498 e. The number of hydrogen-bond donors (Lipinski definition) is 3. The van der Waals surface area contributed by atoms with Crippen LogP contribution in [0.15, 0.2) is 54.6 Å². The summed E-state index contributed by atoms with van der Waals surface area (Å²) in [4.78, 5) is 0. The Bertz CT molecular complexity index is 1620. The summed E-state index contributed by atoms with van der Waals surface area (Å²) in [6.07, 6.45) is 1.74. The quantitative estimate of drug-likeness (QED) is 0.244. The molecule has 0 aromatic heterocycles. The molecule has 12 nitrogen and oxygen atoms in total. The molecule has 0 aliphatic carbocycles. The van der Waals surface area contributed by atoms with Crippen molar-refractivity contribution in [1.82, 2.24) is 0 Å². The number of nitrogens with zero attached hydrogens (tertiary/aromatic N) is 2. The molecule has 2 radical (unpaired) electrons. The van der Waals surface area contributed by atoms with Crippen LogP contribution in [0.3, 0.4) is 0 Å². The second kappa shape index (κ2) is 22.9. The van der Waals surface area contributed by atoms with Gasteiger partial charge in [-0.25, -0.2) is 0 Å². The summed E-state index contributed by atoms with van der Waals surface area (Å²) in [7, 11) is 1.40. The molecule has 4 aliphatic heterocycles. The van der Waals surface area contributed by atoms with E-state index in [2.05, 4.69) is 30.5 Å². The third-order valence-electron chi connectivity index (χ3n) is 9.47. The Morgan fingerprint density at radius 1 is 0.741 bits per heavy atom. The van der Waals surface area contributed by atoms with Crippen LogP contribution < -0.4 is 36.3 Å². The molecule has 0 bridgehead atoms. The zero-order valence-electron chi connectivity index (χ0n) is 32.5. The fourth-order valence-electron chi connectivity index (χ4n) is 6.49. The van der Waals surface area contributed by atoms with Crippen molar-refractivity contribution in [3.8, 4) is 17.2 Å². The second-order valence-corrected chi connectivity index (χ2v) is 13.4. The van der Waals surface area contributed by atoms with Crippen molar-refractivity contribution < 1.29 is 108 Å². The maximum Gasteiger partial charge on any atom is 0.498 e. The van der Waals surface area contributed by atoms with Gasteiger partial charge in [0.1, 0.15) is 23.4 Å². The van der Waals surface area contributed by atoms with Crippen molar-refractivity contribution in [1.29, 1.82) is 0 Å². The van der Waals surface area contributed by atoms with Crippen molar-refractivity contribution >= 4 is 37.7 Å². The van der Waals surface area contributed by atoms with Gasteiger partial charge in [0.2, 0.25) is 0 Å². The van der Waals surface area contributed by atoms with E-state index in [1.54, 1.807) is 14.1 Å². The molecule has 0 fully saturated rings. The van der Waals surface area contributed by atoms with Crippen LogP contribution in [-0.4, -0.2) is 90.1 Å². The van der Waals surface area contributed by atoms with Crippen molar-refractivity contribution in [3.05, 3.63) is 81.9 Å². The van der Waals surface area contributed by atoms with Gasteiger partial charge in [-0.05, 0) is 68.5 Å². The minimum atomic E-state index is -0.932. The van der Waals surface area contributed by atoms with Crippen LogP contribution in [0.1, 0.15) is 82.5 Å². The van der Waals surface area contributed by atoms with Gasteiger partial charge in [-0.3, -0.25) is 0 Å². The average molecular weight is 893 g/mol. The Hall–Kier alpha value is -0.897. The van der Waals surface area contributed by atoms with Gasteiger partial charge >= 0.3 is 21.4 Å². The summed E-state index contributed by atoms with van der Waals surface area (Å²) < 4.78 is 40.0. The van der Waals surface area contributed by atoms with Gasteiger partial charge in [-0.1, -0.05) is 50.2 Å². The normalized spacial score (nSPS) is 21.3. The van der Waals surface area contributed by atoms with Gasteiger partial charge in [-0.2, -0.15) is 14.1 Å². The van der Waals surface area contributed by atoms with Crippen molar-refractivity contribution in [2.24, 2.45) is 5.73 Å². The van der Waals surface area contributed by atoms with Crippen LogP contribution >= 0.6 is 0 Å². The number of fused-ring (bicyclic) bond motifs is 2. The molecule has 17 heteroatoms. The van der Waals surface area contributed by atoms with Crippen molar-refractivity contribution in [2.45, 2.75) is 84.1 Å². The van der Waals surface area contributed by atoms with Gasteiger partial charge in [0.05, 0.1) is 24.9 Å². The van der Waals surface area contributed by atoms with Gasteiger partial charge < -0.3 is 59.2 Å². The first-order chi connectivity index (χ1) is 25.1. The summed E-state index contributed by atoms with van der Waals surface area (Å²) in [6, 6.07) is 17.5. The molecular formula is C37H52B3N3O9Y2-2. The van der Waals surface area contributed by atoms with Crippen molar-refractivity contribution in [2.75, 3.05) is 40.3 Å². The van der Waals surface area contributed by atoms with Crippen LogP contribution in [-0.2, 0) is 84.0 Å². The topological polar surface area (TPSA) is 159 Å². The molecule has 6 atom stereocenters. The third kappa shape index (κ3) is 11.4. The first-order valence-electron chi connectivity index (χ1n) is 18.3. The molecule has 7 rings (SSSR count). The molecule has 0 amide bonds. The molecule has 3 aromatic rings. The maximum atomic E-state index is 10.0. The average Bonchev–Trinajstić information content (AvgIpc) is 3.75. The Kier molecular flexibility index (Phi) is 20.1. The fraction of sp³-hybridized carbons (Fsp3) is 0.514.